The number of ether oxygens (including phenoxy) is 3. The summed E-state index contributed by atoms with van der Waals surface area (Å²) in [6.07, 6.45) is 71.8. The van der Waals surface area contributed by atoms with Gasteiger partial charge >= 0.3 is 17.9 Å². The molecule has 0 N–H and O–H groups in total. The van der Waals surface area contributed by atoms with E-state index in [0.717, 1.165) is 57.8 Å². The van der Waals surface area contributed by atoms with Crippen molar-refractivity contribution in [1.29, 1.82) is 0 Å². The van der Waals surface area contributed by atoms with Gasteiger partial charge in [-0.1, -0.05) is 289 Å². The molecule has 0 bridgehead atoms. The highest BCUT2D eigenvalue weighted by Gasteiger charge is 2.19. The summed E-state index contributed by atoms with van der Waals surface area (Å²) in [5.41, 5.74) is 0. The van der Waals surface area contributed by atoms with Gasteiger partial charge in [0.2, 0.25) is 0 Å². The SMILES string of the molecule is CCCCCCCC/C=C\CCCCCCCCCC(=O)OCC(COC(=O)CCCCCCCCCCCCCCCCCCCCC)OC(=O)CCCCCCCCC/C=C\CCCCCCCC. The lowest BCUT2D eigenvalue weighted by Crippen LogP contribution is -2.30. The number of carbonyl (C=O) groups excluding carboxylic acids is 3. The number of hydrogen-bond donors (Lipinski definition) is 0. The van der Waals surface area contributed by atoms with E-state index in [0.29, 0.717) is 19.3 Å². The summed E-state index contributed by atoms with van der Waals surface area (Å²) < 4.78 is 16.9. The quantitative estimate of drug-likeness (QED) is 0.0261. The van der Waals surface area contributed by atoms with Gasteiger partial charge in [0.1, 0.15) is 13.2 Å². The molecule has 71 heavy (non-hydrogen) atoms. The van der Waals surface area contributed by atoms with Crippen molar-refractivity contribution in [3.63, 3.8) is 0 Å². The van der Waals surface area contributed by atoms with E-state index in [-0.39, 0.29) is 31.1 Å². The summed E-state index contributed by atoms with van der Waals surface area (Å²) in [6, 6.07) is 0. The molecule has 418 valence electrons. The molecule has 0 saturated heterocycles. The van der Waals surface area contributed by atoms with Crippen molar-refractivity contribution in [2.45, 2.75) is 361 Å². The van der Waals surface area contributed by atoms with Crippen LogP contribution in [0.15, 0.2) is 24.3 Å². The summed E-state index contributed by atoms with van der Waals surface area (Å²) in [5, 5.41) is 0. The molecule has 6 heteroatoms. The van der Waals surface area contributed by atoms with E-state index in [4.69, 9.17) is 14.2 Å². The molecule has 0 aromatic heterocycles. The molecular weight excluding hydrogens is 877 g/mol. The fraction of sp³-hybridized carbons (Fsp3) is 0.892. The minimum atomic E-state index is -0.772. The number of hydrogen-bond acceptors (Lipinski definition) is 6. The Bertz CT molecular complexity index is 1150. The zero-order valence-electron chi connectivity index (χ0n) is 48.0. The van der Waals surface area contributed by atoms with Crippen molar-refractivity contribution in [3.05, 3.63) is 24.3 Å². The van der Waals surface area contributed by atoms with E-state index in [1.807, 2.05) is 0 Å². The second-order valence-corrected chi connectivity index (χ2v) is 21.7. The first-order valence-electron chi connectivity index (χ1n) is 31.8. The van der Waals surface area contributed by atoms with E-state index in [9.17, 15) is 14.4 Å². The Morgan fingerprint density at radius 1 is 0.268 bits per heavy atom. The number of allylic oxidation sites excluding steroid dienone is 4. The van der Waals surface area contributed by atoms with Crippen LogP contribution in [0.2, 0.25) is 0 Å². The van der Waals surface area contributed by atoms with Crippen molar-refractivity contribution in [2.75, 3.05) is 13.2 Å². The maximum Gasteiger partial charge on any atom is 0.306 e. The maximum atomic E-state index is 12.9. The van der Waals surface area contributed by atoms with Crippen LogP contribution in [0.1, 0.15) is 355 Å². The lowest BCUT2D eigenvalue weighted by Gasteiger charge is -2.18. The molecular formula is C65H122O6. The Morgan fingerprint density at radius 2 is 0.465 bits per heavy atom. The van der Waals surface area contributed by atoms with Crippen LogP contribution < -0.4 is 0 Å². The summed E-state index contributed by atoms with van der Waals surface area (Å²) in [7, 11) is 0. The summed E-state index contributed by atoms with van der Waals surface area (Å²) in [6.45, 7) is 6.69. The van der Waals surface area contributed by atoms with Crippen LogP contribution in [0, 0.1) is 0 Å². The predicted molar refractivity (Wildman–Crippen MR) is 307 cm³/mol. The smallest absolute Gasteiger partial charge is 0.306 e. The normalized spacial score (nSPS) is 12.1. The van der Waals surface area contributed by atoms with Crippen molar-refractivity contribution in [3.8, 4) is 0 Å². The molecule has 0 aliphatic carbocycles. The highest BCUT2D eigenvalue weighted by molar-refractivity contribution is 5.71. The zero-order valence-corrected chi connectivity index (χ0v) is 48.0. The van der Waals surface area contributed by atoms with E-state index >= 15 is 0 Å². The first kappa shape index (κ1) is 68.9. The van der Waals surface area contributed by atoms with Crippen molar-refractivity contribution in [2.24, 2.45) is 0 Å². The third-order valence-corrected chi connectivity index (χ3v) is 14.4. The Balaban J connectivity index is 4.32. The third-order valence-electron chi connectivity index (χ3n) is 14.4. The van der Waals surface area contributed by atoms with E-state index in [2.05, 4.69) is 45.1 Å². The molecule has 1 unspecified atom stereocenters. The molecule has 0 heterocycles. The van der Waals surface area contributed by atoms with Gasteiger partial charge in [0.05, 0.1) is 0 Å². The molecule has 0 aliphatic rings. The van der Waals surface area contributed by atoms with Gasteiger partial charge in [-0.2, -0.15) is 0 Å². The Labute approximate surface area is 443 Å². The molecule has 0 spiro atoms. The highest BCUT2D eigenvalue weighted by Crippen LogP contribution is 2.17. The molecule has 6 nitrogen and oxygen atoms in total. The Hall–Kier alpha value is -2.11. The molecule has 0 amide bonds. The molecule has 1 atom stereocenters. The second-order valence-electron chi connectivity index (χ2n) is 21.7. The van der Waals surface area contributed by atoms with Crippen LogP contribution in [0.4, 0.5) is 0 Å². The highest BCUT2D eigenvalue weighted by atomic mass is 16.6. The second kappa shape index (κ2) is 60.4. The fourth-order valence-electron chi connectivity index (χ4n) is 9.61. The number of rotatable bonds is 59. The van der Waals surface area contributed by atoms with Crippen LogP contribution in [0.25, 0.3) is 0 Å². The Morgan fingerprint density at radius 3 is 0.704 bits per heavy atom. The topological polar surface area (TPSA) is 78.9 Å². The molecule has 0 fully saturated rings. The molecule has 0 radical (unpaired) electrons. The minimum absolute atomic E-state index is 0.0693. The monoisotopic (exact) mass is 999 g/mol. The molecule has 0 saturated carbocycles. The molecule has 0 aliphatic heterocycles. The van der Waals surface area contributed by atoms with Crippen molar-refractivity contribution < 1.29 is 28.6 Å². The van der Waals surface area contributed by atoms with Crippen LogP contribution >= 0.6 is 0 Å². The van der Waals surface area contributed by atoms with Crippen molar-refractivity contribution >= 4 is 17.9 Å². The van der Waals surface area contributed by atoms with Gasteiger partial charge in [-0.25, -0.2) is 0 Å². The van der Waals surface area contributed by atoms with Gasteiger partial charge in [-0.3, -0.25) is 14.4 Å². The van der Waals surface area contributed by atoms with Gasteiger partial charge in [-0.15, -0.1) is 0 Å². The van der Waals surface area contributed by atoms with Crippen LogP contribution in [-0.2, 0) is 28.6 Å². The van der Waals surface area contributed by atoms with Crippen LogP contribution in [-0.4, -0.2) is 37.2 Å². The lowest BCUT2D eigenvalue weighted by atomic mass is 10.0. The maximum absolute atomic E-state index is 12.9. The summed E-state index contributed by atoms with van der Waals surface area (Å²) in [5.74, 6) is -0.852. The van der Waals surface area contributed by atoms with Crippen LogP contribution in [0.5, 0.6) is 0 Å². The summed E-state index contributed by atoms with van der Waals surface area (Å²) in [4.78, 5) is 38.3. The number of unbranched alkanes of at least 4 members (excludes halogenated alkanes) is 44. The van der Waals surface area contributed by atoms with Crippen molar-refractivity contribution in [1.82, 2.24) is 0 Å². The predicted octanol–water partition coefficient (Wildman–Crippen LogP) is 21.4. The fourth-order valence-corrected chi connectivity index (χ4v) is 9.61. The lowest BCUT2D eigenvalue weighted by molar-refractivity contribution is -0.167. The molecule has 0 aromatic carbocycles. The standard InChI is InChI=1S/C65H122O6/c1-4-7-10-13-16-19-22-25-28-31-32-35-37-40-43-46-49-52-55-58-64(67)70-61-62(71-65(68)59-56-53-50-47-44-41-38-34-30-27-24-21-18-15-12-9-6-3)60-69-63(66)57-54-51-48-45-42-39-36-33-29-26-23-20-17-14-11-8-5-2/h26-27,29-30,62H,4-25,28,31-61H2,1-3H3/b29-26-,30-27-. The van der Waals surface area contributed by atoms with E-state index in [1.165, 1.54) is 257 Å². The largest absolute Gasteiger partial charge is 0.462 e. The molecule has 0 rings (SSSR count). The first-order chi connectivity index (χ1) is 35.0. The number of carbonyl (C=O) groups is 3. The number of esters is 3. The zero-order chi connectivity index (χ0) is 51.4. The Kier molecular flexibility index (Phi) is 58.6. The first-order valence-corrected chi connectivity index (χ1v) is 31.8. The van der Waals surface area contributed by atoms with Gasteiger partial charge in [-0.05, 0) is 70.6 Å². The average Bonchev–Trinajstić information content (AvgIpc) is 3.37. The van der Waals surface area contributed by atoms with E-state index < -0.39 is 6.10 Å². The third kappa shape index (κ3) is 58.7. The minimum Gasteiger partial charge on any atom is -0.462 e. The van der Waals surface area contributed by atoms with Gasteiger partial charge in [0.25, 0.3) is 0 Å². The summed E-state index contributed by atoms with van der Waals surface area (Å²) >= 11 is 0. The van der Waals surface area contributed by atoms with Gasteiger partial charge < -0.3 is 14.2 Å². The average molecular weight is 1000 g/mol. The van der Waals surface area contributed by atoms with Gasteiger partial charge in [0.15, 0.2) is 6.10 Å². The van der Waals surface area contributed by atoms with E-state index in [1.54, 1.807) is 0 Å². The molecule has 0 aromatic rings. The van der Waals surface area contributed by atoms with Crippen LogP contribution in [0.3, 0.4) is 0 Å². The van der Waals surface area contributed by atoms with Gasteiger partial charge in [0, 0.05) is 19.3 Å².